The molecule has 0 saturated heterocycles. The Bertz CT molecular complexity index is 527. The molecule has 0 bridgehead atoms. The van der Waals surface area contributed by atoms with E-state index in [4.69, 9.17) is 15.2 Å². The molecule has 0 unspecified atom stereocenters. The molecule has 0 amide bonds. The summed E-state index contributed by atoms with van der Waals surface area (Å²) in [6.07, 6.45) is 2.09. The second-order valence-corrected chi connectivity index (χ2v) is 6.58. The number of sulfone groups is 1. The number of hydrogen-bond acceptors (Lipinski definition) is 5. The highest BCUT2D eigenvalue weighted by Gasteiger charge is 2.18. The van der Waals surface area contributed by atoms with Gasteiger partial charge in [-0.05, 0) is 31.5 Å². The molecule has 0 aromatic heterocycles. The number of rotatable bonds is 5. The van der Waals surface area contributed by atoms with Crippen LogP contribution in [0.25, 0.3) is 0 Å². The van der Waals surface area contributed by atoms with Gasteiger partial charge in [0.25, 0.3) is 0 Å². The van der Waals surface area contributed by atoms with Crippen molar-refractivity contribution in [2.24, 2.45) is 5.73 Å². The number of nitrogens with two attached hydrogens (primary N) is 1. The third-order valence-electron chi connectivity index (χ3n) is 2.95. The number of hydrogen-bond donors (Lipinski definition) is 1. The summed E-state index contributed by atoms with van der Waals surface area (Å²) in [6.45, 7) is 1.65. The van der Waals surface area contributed by atoms with E-state index in [9.17, 15) is 8.42 Å². The Kier molecular flexibility index (Phi) is 4.66. The Balaban J connectivity index is 2.18. The van der Waals surface area contributed by atoms with Crippen molar-refractivity contribution in [3.05, 3.63) is 18.2 Å². The second-order valence-electron chi connectivity index (χ2n) is 4.47. The van der Waals surface area contributed by atoms with E-state index in [0.717, 1.165) is 6.42 Å². The van der Waals surface area contributed by atoms with E-state index < -0.39 is 9.84 Å². The van der Waals surface area contributed by atoms with Crippen LogP contribution in [0, 0.1) is 0 Å². The minimum Gasteiger partial charge on any atom is -0.490 e. The molecule has 1 aliphatic rings. The fourth-order valence-electron chi connectivity index (χ4n) is 1.89. The fourth-order valence-corrected chi connectivity index (χ4v) is 3.27. The molecular formula is C13H19NO4S. The smallest absolute Gasteiger partial charge is 0.178 e. The Hall–Kier alpha value is -1.27. The maximum atomic E-state index is 12.1. The topological polar surface area (TPSA) is 78.6 Å². The van der Waals surface area contributed by atoms with Crippen molar-refractivity contribution in [3.8, 4) is 11.5 Å². The summed E-state index contributed by atoms with van der Waals surface area (Å²) in [5.74, 6) is 1.24. The van der Waals surface area contributed by atoms with E-state index in [1.54, 1.807) is 18.2 Å². The predicted octanol–water partition coefficient (Wildman–Crippen LogP) is 1.36. The minimum atomic E-state index is -3.27. The molecule has 5 nitrogen and oxygen atoms in total. The normalized spacial score (nSPS) is 15.0. The van der Waals surface area contributed by atoms with Crippen LogP contribution in [-0.4, -0.2) is 33.9 Å². The first-order valence-corrected chi connectivity index (χ1v) is 8.11. The Labute approximate surface area is 113 Å². The zero-order chi connectivity index (χ0) is 13.7. The minimum absolute atomic E-state index is 0.115. The molecule has 0 saturated carbocycles. The highest BCUT2D eigenvalue weighted by molar-refractivity contribution is 7.91. The molecular weight excluding hydrogens is 266 g/mol. The van der Waals surface area contributed by atoms with E-state index in [0.29, 0.717) is 44.1 Å². The van der Waals surface area contributed by atoms with Gasteiger partial charge in [-0.1, -0.05) is 0 Å². The lowest BCUT2D eigenvalue weighted by Crippen LogP contribution is -2.09. The van der Waals surface area contributed by atoms with Crippen molar-refractivity contribution in [2.45, 2.75) is 24.2 Å². The van der Waals surface area contributed by atoms with Crippen LogP contribution in [0.1, 0.15) is 19.3 Å². The maximum absolute atomic E-state index is 12.1. The van der Waals surface area contributed by atoms with E-state index in [2.05, 4.69) is 0 Å². The van der Waals surface area contributed by atoms with E-state index in [1.165, 1.54) is 0 Å². The molecule has 6 heteroatoms. The molecule has 0 aliphatic carbocycles. The van der Waals surface area contributed by atoms with Gasteiger partial charge in [-0.2, -0.15) is 0 Å². The predicted molar refractivity (Wildman–Crippen MR) is 72.4 cm³/mol. The molecule has 2 rings (SSSR count). The van der Waals surface area contributed by atoms with Gasteiger partial charge in [0, 0.05) is 12.5 Å². The molecule has 19 heavy (non-hydrogen) atoms. The zero-order valence-corrected chi connectivity index (χ0v) is 11.6. The molecule has 0 atom stereocenters. The lowest BCUT2D eigenvalue weighted by Gasteiger charge is -2.10. The van der Waals surface area contributed by atoms with E-state index in [-0.39, 0.29) is 10.6 Å². The average Bonchev–Trinajstić information content (AvgIpc) is 2.63. The number of unbranched alkanes of at least 4 members (excludes halogenated alkanes) is 1. The third kappa shape index (κ3) is 3.61. The summed E-state index contributed by atoms with van der Waals surface area (Å²) in [7, 11) is -3.27. The van der Waals surface area contributed by atoms with Crippen LogP contribution < -0.4 is 15.2 Å². The van der Waals surface area contributed by atoms with Crippen LogP contribution in [0.3, 0.4) is 0 Å². The largest absolute Gasteiger partial charge is 0.490 e. The van der Waals surface area contributed by atoms with Gasteiger partial charge in [-0.15, -0.1) is 0 Å². The SMILES string of the molecule is NCCCCS(=O)(=O)c1ccc2c(c1)OCCCO2. The van der Waals surface area contributed by atoms with Gasteiger partial charge in [0.2, 0.25) is 0 Å². The molecule has 1 aliphatic heterocycles. The fraction of sp³-hybridized carbons (Fsp3) is 0.538. The van der Waals surface area contributed by atoms with Crippen LogP contribution in [0.15, 0.2) is 23.1 Å². The van der Waals surface area contributed by atoms with Crippen molar-refractivity contribution in [1.82, 2.24) is 0 Å². The molecule has 0 fully saturated rings. The average molecular weight is 285 g/mol. The summed E-state index contributed by atoms with van der Waals surface area (Å²) < 4.78 is 35.3. The van der Waals surface area contributed by atoms with Crippen molar-refractivity contribution in [1.29, 1.82) is 0 Å². The van der Waals surface area contributed by atoms with Gasteiger partial charge < -0.3 is 15.2 Å². The molecule has 1 heterocycles. The maximum Gasteiger partial charge on any atom is 0.178 e. The van der Waals surface area contributed by atoms with Crippen LogP contribution in [0.5, 0.6) is 11.5 Å². The number of benzene rings is 1. The number of ether oxygens (including phenoxy) is 2. The molecule has 2 N–H and O–H groups in total. The van der Waals surface area contributed by atoms with Gasteiger partial charge in [-0.25, -0.2) is 8.42 Å². The van der Waals surface area contributed by atoms with Crippen molar-refractivity contribution < 1.29 is 17.9 Å². The summed E-state index contributed by atoms with van der Waals surface area (Å²) in [5, 5.41) is 0. The molecule has 0 radical (unpaired) electrons. The summed E-state index contributed by atoms with van der Waals surface area (Å²) >= 11 is 0. The zero-order valence-electron chi connectivity index (χ0n) is 10.8. The summed E-state index contributed by atoms with van der Waals surface area (Å²) in [6, 6.07) is 4.79. The quantitative estimate of drug-likeness (QED) is 0.826. The van der Waals surface area contributed by atoms with Crippen LogP contribution in [-0.2, 0) is 9.84 Å². The van der Waals surface area contributed by atoms with Crippen molar-refractivity contribution in [3.63, 3.8) is 0 Å². The highest BCUT2D eigenvalue weighted by Crippen LogP contribution is 2.32. The van der Waals surface area contributed by atoms with E-state index >= 15 is 0 Å². The van der Waals surface area contributed by atoms with Gasteiger partial charge in [0.15, 0.2) is 21.3 Å². The number of fused-ring (bicyclic) bond motifs is 1. The van der Waals surface area contributed by atoms with Gasteiger partial charge in [0.05, 0.1) is 23.9 Å². The Morgan fingerprint density at radius 3 is 2.58 bits per heavy atom. The van der Waals surface area contributed by atoms with Gasteiger partial charge in [0.1, 0.15) is 0 Å². The molecule has 1 aromatic carbocycles. The van der Waals surface area contributed by atoms with Crippen LogP contribution in [0.2, 0.25) is 0 Å². The van der Waals surface area contributed by atoms with Gasteiger partial charge in [-0.3, -0.25) is 0 Å². The molecule has 106 valence electrons. The third-order valence-corrected chi connectivity index (χ3v) is 4.74. The Morgan fingerprint density at radius 2 is 1.84 bits per heavy atom. The first kappa shape index (κ1) is 14.1. The second kappa shape index (κ2) is 6.25. The van der Waals surface area contributed by atoms with Crippen LogP contribution >= 0.6 is 0 Å². The first-order chi connectivity index (χ1) is 9.13. The standard InChI is InChI=1S/C13H19NO4S/c14-6-1-2-9-19(15,16)11-4-5-12-13(10-11)18-8-3-7-17-12/h4-5,10H,1-3,6-9,14H2. The lowest BCUT2D eigenvalue weighted by molar-refractivity contribution is 0.297. The Morgan fingerprint density at radius 1 is 1.11 bits per heavy atom. The lowest BCUT2D eigenvalue weighted by atomic mass is 10.3. The van der Waals surface area contributed by atoms with E-state index in [1.807, 2.05) is 0 Å². The van der Waals surface area contributed by atoms with Gasteiger partial charge >= 0.3 is 0 Å². The summed E-state index contributed by atoms with van der Waals surface area (Å²) in [5.41, 5.74) is 5.37. The van der Waals surface area contributed by atoms with Crippen LogP contribution in [0.4, 0.5) is 0 Å². The van der Waals surface area contributed by atoms with Crippen molar-refractivity contribution >= 4 is 9.84 Å². The first-order valence-electron chi connectivity index (χ1n) is 6.46. The highest BCUT2D eigenvalue weighted by atomic mass is 32.2. The molecule has 1 aromatic rings. The monoisotopic (exact) mass is 285 g/mol. The summed E-state index contributed by atoms with van der Waals surface area (Å²) in [4.78, 5) is 0.286. The van der Waals surface area contributed by atoms with Crippen molar-refractivity contribution in [2.75, 3.05) is 25.5 Å². The molecule has 0 spiro atoms.